The van der Waals surface area contributed by atoms with Crippen molar-refractivity contribution in [3.05, 3.63) is 59.7 Å². The molecule has 0 radical (unpaired) electrons. The molecule has 2 rings (SSSR count). The van der Waals surface area contributed by atoms with Gasteiger partial charge in [-0.25, -0.2) is 0 Å². The first-order valence-corrected chi connectivity index (χ1v) is 19.0. The van der Waals surface area contributed by atoms with Gasteiger partial charge in [0, 0.05) is 6.21 Å². The number of aliphatic imine (C=N–C) groups is 2. The number of unbranched alkanes of at least 4 members (excludes halogenated alkanes) is 19. The van der Waals surface area contributed by atoms with Gasteiger partial charge in [-0.15, -0.1) is 0 Å². The molecule has 0 amide bonds. The molecule has 0 N–H and O–H groups in total. The second-order valence-electron chi connectivity index (χ2n) is 13.2. The SMILES string of the molecule is CCCCCCCCCCCc1ccc(N=CC(CCCCCC)=Nc2ccc(CCCCCCCCCCC)cc2)cc1. The molecule has 0 aliphatic carbocycles. The summed E-state index contributed by atoms with van der Waals surface area (Å²) in [7, 11) is 0. The number of hydrogen-bond donors (Lipinski definition) is 0. The quantitative estimate of drug-likeness (QED) is 0.0685. The van der Waals surface area contributed by atoms with Crippen molar-refractivity contribution in [2.45, 2.75) is 181 Å². The van der Waals surface area contributed by atoms with Crippen LogP contribution in [-0.4, -0.2) is 11.9 Å². The normalized spacial score (nSPS) is 12.0. The third-order valence-electron chi connectivity index (χ3n) is 8.93. The smallest absolute Gasteiger partial charge is 0.0633 e. The molecule has 2 nitrogen and oxygen atoms in total. The van der Waals surface area contributed by atoms with Crippen LogP contribution in [0.2, 0.25) is 0 Å². The van der Waals surface area contributed by atoms with Crippen LogP contribution in [-0.2, 0) is 12.8 Å². The van der Waals surface area contributed by atoms with Crippen molar-refractivity contribution < 1.29 is 0 Å². The maximum absolute atomic E-state index is 5.03. The van der Waals surface area contributed by atoms with E-state index in [1.54, 1.807) is 0 Å². The van der Waals surface area contributed by atoms with Gasteiger partial charge in [0.2, 0.25) is 0 Å². The molecule has 246 valence electrons. The molecule has 0 saturated carbocycles. The monoisotopic (exact) mass is 601 g/mol. The van der Waals surface area contributed by atoms with Gasteiger partial charge in [-0.3, -0.25) is 9.98 Å². The summed E-state index contributed by atoms with van der Waals surface area (Å²) in [6, 6.07) is 17.8. The van der Waals surface area contributed by atoms with Gasteiger partial charge in [0.15, 0.2) is 0 Å². The molecule has 0 aliphatic rings. The van der Waals surface area contributed by atoms with Crippen molar-refractivity contribution in [3.63, 3.8) is 0 Å². The summed E-state index contributed by atoms with van der Waals surface area (Å²) in [6.45, 7) is 6.85. The zero-order valence-electron chi connectivity index (χ0n) is 29.3. The van der Waals surface area contributed by atoms with Crippen molar-refractivity contribution in [1.82, 2.24) is 0 Å². The summed E-state index contributed by atoms with van der Waals surface area (Å²) in [6.07, 6.45) is 35.2. The van der Waals surface area contributed by atoms with Gasteiger partial charge < -0.3 is 0 Å². The molecule has 0 bridgehead atoms. The molecule has 0 fully saturated rings. The standard InChI is InChI=1S/C42H68N2/c1-4-7-10-13-15-17-19-21-23-26-38-29-33-40(34-30-38)43-37-42(28-25-12-9-6-3)44-41-35-31-39(32-36-41)27-24-22-20-18-16-14-11-8-5-2/h29-37H,4-28H2,1-3H3. The topological polar surface area (TPSA) is 24.7 Å². The zero-order valence-corrected chi connectivity index (χ0v) is 29.3. The van der Waals surface area contributed by atoms with E-state index in [9.17, 15) is 0 Å². The van der Waals surface area contributed by atoms with E-state index in [4.69, 9.17) is 9.98 Å². The minimum Gasteiger partial charge on any atom is -0.255 e. The van der Waals surface area contributed by atoms with Gasteiger partial charge >= 0.3 is 0 Å². The molecule has 2 aromatic rings. The number of nitrogens with zero attached hydrogens (tertiary/aromatic N) is 2. The summed E-state index contributed by atoms with van der Waals surface area (Å²) in [5.74, 6) is 0. The van der Waals surface area contributed by atoms with Crippen LogP contribution >= 0.6 is 0 Å². The van der Waals surface area contributed by atoms with E-state index in [1.807, 2.05) is 6.21 Å². The van der Waals surface area contributed by atoms with Gasteiger partial charge in [-0.1, -0.05) is 167 Å². The fourth-order valence-electron chi connectivity index (χ4n) is 5.96. The highest BCUT2D eigenvalue weighted by Gasteiger charge is 2.02. The van der Waals surface area contributed by atoms with Gasteiger partial charge in [0.25, 0.3) is 0 Å². The molecule has 0 heterocycles. The average Bonchev–Trinajstić information content (AvgIpc) is 3.05. The van der Waals surface area contributed by atoms with E-state index in [2.05, 4.69) is 69.3 Å². The Hall–Kier alpha value is -2.22. The Kier molecular flexibility index (Phi) is 23.4. The summed E-state index contributed by atoms with van der Waals surface area (Å²) in [5, 5.41) is 0. The van der Waals surface area contributed by atoms with Gasteiger partial charge in [-0.2, -0.15) is 0 Å². The Morgan fingerprint density at radius 2 is 0.795 bits per heavy atom. The fourth-order valence-corrected chi connectivity index (χ4v) is 5.96. The largest absolute Gasteiger partial charge is 0.255 e. The van der Waals surface area contributed by atoms with Crippen LogP contribution in [0.3, 0.4) is 0 Å². The van der Waals surface area contributed by atoms with Crippen LogP contribution in [0.15, 0.2) is 58.5 Å². The molecule has 2 aromatic carbocycles. The number of aryl methyl sites for hydroxylation is 2. The predicted octanol–water partition coefficient (Wildman–Crippen LogP) is 14.3. The highest BCUT2D eigenvalue weighted by Crippen LogP contribution is 2.19. The first-order valence-electron chi connectivity index (χ1n) is 19.0. The second-order valence-corrected chi connectivity index (χ2v) is 13.2. The molecule has 0 spiro atoms. The molecule has 0 saturated heterocycles. The van der Waals surface area contributed by atoms with Crippen LogP contribution < -0.4 is 0 Å². The van der Waals surface area contributed by atoms with Crippen LogP contribution in [0.1, 0.15) is 180 Å². The highest BCUT2D eigenvalue weighted by atomic mass is 14.8. The Morgan fingerprint density at radius 1 is 0.432 bits per heavy atom. The summed E-state index contributed by atoms with van der Waals surface area (Å²) >= 11 is 0. The summed E-state index contributed by atoms with van der Waals surface area (Å²) in [4.78, 5) is 9.88. The highest BCUT2D eigenvalue weighted by molar-refractivity contribution is 6.31. The van der Waals surface area contributed by atoms with E-state index in [1.165, 1.54) is 165 Å². The van der Waals surface area contributed by atoms with Gasteiger partial charge in [0.05, 0.1) is 17.1 Å². The lowest BCUT2D eigenvalue weighted by molar-refractivity contribution is 0.565. The van der Waals surface area contributed by atoms with Gasteiger partial charge in [0.1, 0.15) is 0 Å². The van der Waals surface area contributed by atoms with Crippen LogP contribution in [0.5, 0.6) is 0 Å². The molecular formula is C42H68N2. The first kappa shape index (κ1) is 38.0. The minimum atomic E-state index is 0.986. The van der Waals surface area contributed by atoms with E-state index < -0.39 is 0 Å². The van der Waals surface area contributed by atoms with Crippen molar-refractivity contribution in [3.8, 4) is 0 Å². The Morgan fingerprint density at radius 3 is 1.23 bits per heavy atom. The van der Waals surface area contributed by atoms with Crippen molar-refractivity contribution in [2.24, 2.45) is 9.98 Å². The van der Waals surface area contributed by atoms with Crippen molar-refractivity contribution in [2.75, 3.05) is 0 Å². The predicted molar refractivity (Wildman–Crippen MR) is 199 cm³/mol. The van der Waals surface area contributed by atoms with Gasteiger partial charge in [-0.05, 0) is 73.9 Å². The molecule has 0 aliphatic heterocycles. The third-order valence-corrected chi connectivity index (χ3v) is 8.93. The zero-order chi connectivity index (χ0) is 31.3. The molecule has 2 heteroatoms. The van der Waals surface area contributed by atoms with E-state index in [0.29, 0.717) is 0 Å². The Balaban J connectivity index is 1.79. The summed E-state index contributed by atoms with van der Waals surface area (Å²) in [5.41, 5.74) is 6.04. The van der Waals surface area contributed by atoms with E-state index in [-0.39, 0.29) is 0 Å². The second kappa shape index (κ2) is 27.1. The molecule has 0 unspecified atom stereocenters. The van der Waals surface area contributed by atoms with Crippen molar-refractivity contribution in [1.29, 1.82) is 0 Å². The third kappa shape index (κ3) is 19.9. The number of benzene rings is 2. The number of hydrogen-bond acceptors (Lipinski definition) is 2. The van der Waals surface area contributed by atoms with E-state index in [0.717, 1.165) is 23.5 Å². The fraction of sp³-hybridized carbons (Fsp3) is 0.667. The molecule has 44 heavy (non-hydrogen) atoms. The maximum atomic E-state index is 5.03. The Bertz CT molecular complexity index is 970. The van der Waals surface area contributed by atoms with E-state index >= 15 is 0 Å². The molecule has 0 atom stereocenters. The minimum absolute atomic E-state index is 0.986. The Labute approximate surface area is 273 Å². The van der Waals surface area contributed by atoms with Crippen molar-refractivity contribution >= 4 is 23.3 Å². The maximum Gasteiger partial charge on any atom is 0.0633 e. The lowest BCUT2D eigenvalue weighted by atomic mass is 10.0. The van der Waals surface area contributed by atoms with Crippen LogP contribution in [0.4, 0.5) is 11.4 Å². The average molecular weight is 601 g/mol. The summed E-state index contributed by atoms with van der Waals surface area (Å²) < 4.78 is 0. The lowest BCUT2D eigenvalue weighted by Crippen LogP contribution is -2.00. The molecular weight excluding hydrogens is 532 g/mol. The molecule has 0 aromatic heterocycles. The first-order chi connectivity index (χ1) is 21.7. The van der Waals surface area contributed by atoms with Crippen LogP contribution in [0, 0.1) is 0 Å². The van der Waals surface area contributed by atoms with Crippen LogP contribution in [0.25, 0.3) is 0 Å². The number of rotatable bonds is 28. The lowest BCUT2D eigenvalue weighted by Gasteiger charge is -2.05.